The molecule has 0 fully saturated rings. The highest BCUT2D eigenvalue weighted by atomic mass is 16.7. The molecule has 2 heterocycles. The van der Waals surface area contributed by atoms with E-state index in [0.717, 1.165) is 5.56 Å². The molecule has 148 valence electrons. The normalized spacial score (nSPS) is 16.2. The van der Waals surface area contributed by atoms with Crippen molar-refractivity contribution < 1.29 is 28.9 Å². The minimum atomic E-state index is -1.05. The monoisotopic (exact) mass is 395 g/mol. The molecule has 2 aromatic carbocycles. The SMILES string of the molecule is CN1C(=O)/C(=C\c2ccc3c(c2)OCO3)N=C1Nc1ccc(OCC(=O)O)cc1. The summed E-state index contributed by atoms with van der Waals surface area (Å²) in [6, 6.07) is 12.1. The van der Waals surface area contributed by atoms with E-state index in [9.17, 15) is 9.59 Å². The van der Waals surface area contributed by atoms with Gasteiger partial charge in [0.25, 0.3) is 5.91 Å². The smallest absolute Gasteiger partial charge is 0.341 e. The van der Waals surface area contributed by atoms with Crippen LogP contribution in [0.2, 0.25) is 0 Å². The van der Waals surface area contributed by atoms with Gasteiger partial charge in [-0.3, -0.25) is 9.69 Å². The molecule has 2 aliphatic heterocycles. The zero-order valence-corrected chi connectivity index (χ0v) is 15.4. The van der Waals surface area contributed by atoms with Gasteiger partial charge >= 0.3 is 5.97 Å². The van der Waals surface area contributed by atoms with E-state index in [2.05, 4.69) is 10.3 Å². The minimum Gasteiger partial charge on any atom is -0.482 e. The number of ether oxygens (including phenoxy) is 3. The van der Waals surface area contributed by atoms with Gasteiger partial charge in [-0.2, -0.15) is 0 Å². The van der Waals surface area contributed by atoms with Crippen LogP contribution in [-0.4, -0.2) is 48.3 Å². The summed E-state index contributed by atoms with van der Waals surface area (Å²) in [4.78, 5) is 28.9. The topological polar surface area (TPSA) is 110 Å². The predicted molar refractivity (Wildman–Crippen MR) is 104 cm³/mol. The van der Waals surface area contributed by atoms with Crippen molar-refractivity contribution in [3.8, 4) is 17.2 Å². The number of carbonyl (C=O) groups is 2. The highest BCUT2D eigenvalue weighted by molar-refractivity contribution is 6.17. The van der Waals surface area contributed by atoms with Crippen LogP contribution in [0.5, 0.6) is 17.2 Å². The van der Waals surface area contributed by atoms with Crippen molar-refractivity contribution >= 4 is 29.6 Å². The lowest BCUT2D eigenvalue weighted by Crippen LogP contribution is -2.32. The number of anilines is 1. The summed E-state index contributed by atoms with van der Waals surface area (Å²) in [6.45, 7) is -0.228. The molecule has 0 spiro atoms. The Hall–Kier alpha value is -4.01. The molecule has 0 radical (unpaired) electrons. The Morgan fingerprint density at radius 2 is 2.00 bits per heavy atom. The molecule has 0 saturated carbocycles. The van der Waals surface area contributed by atoms with E-state index in [1.54, 1.807) is 49.5 Å². The first-order valence-corrected chi connectivity index (χ1v) is 8.69. The Kier molecular flexibility index (Phi) is 4.78. The summed E-state index contributed by atoms with van der Waals surface area (Å²) in [5, 5.41) is 11.7. The average molecular weight is 395 g/mol. The highest BCUT2D eigenvalue weighted by Crippen LogP contribution is 2.33. The third-order valence-electron chi connectivity index (χ3n) is 4.24. The van der Waals surface area contributed by atoms with Gasteiger partial charge in [-0.1, -0.05) is 6.07 Å². The molecule has 1 amide bonds. The van der Waals surface area contributed by atoms with Gasteiger partial charge in [-0.25, -0.2) is 9.79 Å². The van der Waals surface area contributed by atoms with Crippen LogP contribution < -0.4 is 19.5 Å². The van der Waals surface area contributed by atoms with Crippen molar-refractivity contribution in [3.63, 3.8) is 0 Å². The Morgan fingerprint density at radius 1 is 1.24 bits per heavy atom. The molecule has 2 aromatic rings. The Labute approximate surface area is 165 Å². The van der Waals surface area contributed by atoms with E-state index in [1.807, 2.05) is 6.07 Å². The number of likely N-dealkylation sites (N-methyl/N-ethyl adjacent to an activating group) is 1. The van der Waals surface area contributed by atoms with Gasteiger partial charge in [0.1, 0.15) is 11.4 Å². The minimum absolute atomic E-state index is 0.184. The van der Waals surface area contributed by atoms with Gasteiger partial charge in [-0.15, -0.1) is 0 Å². The number of guanidine groups is 1. The fourth-order valence-corrected chi connectivity index (χ4v) is 2.78. The Balaban J connectivity index is 1.49. The quantitative estimate of drug-likeness (QED) is 0.747. The van der Waals surface area contributed by atoms with Gasteiger partial charge in [0.15, 0.2) is 18.1 Å². The maximum atomic E-state index is 12.5. The van der Waals surface area contributed by atoms with E-state index in [-0.39, 0.29) is 18.4 Å². The Morgan fingerprint density at radius 3 is 2.76 bits per heavy atom. The lowest BCUT2D eigenvalue weighted by atomic mass is 10.1. The van der Waals surface area contributed by atoms with E-state index in [4.69, 9.17) is 19.3 Å². The van der Waals surface area contributed by atoms with Crippen LogP contribution in [0.3, 0.4) is 0 Å². The maximum absolute atomic E-state index is 12.5. The lowest BCUT2D eigenvalue weighted by Gasteiger charge is -2.13. The van der Waals surface area contributed by atoms with E-state index < -0.39 is 12.6 Å². The van der Waals surface area contributed by atoms with Crippen molar-refractivity contribution in [3.05, 3.63) is 53.7 Å². The summed E-state index contributed by atoms with van der Waals surface area (Å²) in [6.07, 6.45) is 1.68. The number of benzene rings is 2. The number of hydrogen-bond acceptors (Lipinski definition) is 7. The van der Waals surface area contributed by atoms with E-state index in [1.165, 1.54) is 4.90 Å². The van der Waals surface area contributed by atoms with Crippen LogP contribution in [0, 0.1) is 0 Å². The summed E-state index contributed by atoms with van der Waals surface area (Å²) in [7, 11) is 1.62. The van der Waals surface area contributed by atoms with Crippen molar-refractivity contribution in [1.82, 2.24) is 4.90 Å². The molecule has 2 N–H and O–H groups in total. The third kappa shape index (κ3) is 3.98. The second-order valence-electron chi connectivity index (χ2n) is 6.27. The van der Waals surface area contributed by atoms with Crippen LogP contribution in [0.25, 0.3) is 6.08 Å². The van der Waals surface area contributed by atoms with Crippen molar-refractivity contribution in [2.75, 3.05) is 25.8 Å². The van der Waals surface area contributed by atoms with Crippen LogP contribution >= 0.6 is 0 Å². The standard InChI is InChI=1S/C20H17N3O6/c1-23-19(26)15(8-12-2-7-16-17(9-12)29-11-28-16)22-20(23)21-13-3-5-14(6-4-13)27-10-18(24)25/h2-9H,10-11H2,1H3,(H,21,22)(H,24,25)/b15-8+. The molecule has 0 atom stereocenters. The van der Waals surface area contributed by atoms with Crippen molar-refractivity contribution in [1.29, 1.82) is 0 Å². The molecule has 2 aliphatic rings. The largest absolute Gasteiger partial charge is 0.482 e. The van der Waals surface area contributed by atoms with E-state index >= 15 is 0 Å². The second kappa shape index (κ2) is 7.55. The number of fused-ring (bicyclic) bond motifs is 1. The first-order valence-electron chi connectivity index (χ1n) is 8.69. The summed E-state index contributed by atoms with van der Waals surface area (Å²) in [5.41, 5.74) is 1.74. The number of aliphatic carboxylic acids is 1. The second-order valence-corrected chi connectivity index (χ2v) is 6.27. The zero-order chi connectivity index (χ0) is 20.4. The predicted octanol–water partition coefficient (Wildman–Crippen LogP) is 2.16. The molecule has 9 nitrogen and oxygen atoms in total. The molecular weight excluding hydrogens is 378 g/mol. The first-order chi connectivity index (χ1) is 14.0. The number of carboxylic acids is 1. The zero-order valence-electron chi connectivity index (χ0n) is 15.4. The van der Waals surface area contributed by atoms with Gasteiger partial charge in [0.05, 0.1) is 0 Å². The third-order valence-corrected chi connectivity index (χ3v) is 4.24. The number of carbonyl (C=O) groups excluding carboxylic acids is 1. The maximum Gasteiger partial charge on any atom is 0.341 e. The number of nitrogens with zero attached hydrogens (tertiary/aromatic N) is 2. The molecule has 9 heteroatoms. The first kappa shape index (κ1) is 18.4. The summed E-state index contributed by atoms with van der Waals surface area (Å²) < 4.78 is 15.7. The number of nitrogens with one attached hydrogen (secondary N) is 1. The number of aliphatic imine (C=N–C) groups is 1. The van der Waals surface area contributed by atoms with Gasteiger partial charge < -0.3 is 24.6 Å². The number of hydrogen-bond donors (Lipinski definition) is 2. The van der Waals surface area contributed by atoms with Gasteiger partial charge in [0, 0.05) is 12.7 Å². The Bertz CT molecular complexity index is 1030. The number of carboxylic acid groups (broad SMARTS) is 1. The fraction of sp³-hybridized carbons (Fsp3) is 0.150. The number of amides is 1. The van der Waals surface area contributed by atoms with E-state index in [0.29, 0.717) is 28.9 Å². The fourth-order valence-electron chi connectivity index (χ4n) is 2.78. The van der Waals surface area contributed by atoms with Crippen LogP contribution in [0.1, 0.15) is 5.56 Å². The number of rotatable bonds is 5. The summed E-state index contributed by atoms with van der Waals surface area (Å²) >= 11 is 0. The lowest BCUT2D eigenvalue weighted by molar-refractivity contribution is -0.139. The molecule has 0 unspecified atom stereocenters. The van der Waals surface area contributed by atoms with Crippen LogP contribution in [-0.2, 0) is 9.59 Å². The van der Waals surface area contributed by atoms with Gasteiger partial charge in [-0.05, 0) is 48.0 Å². The molecule has 0 aromatic heterocycles. The molecule has 0 aliphatic carbocycles. The molecule has 29 heavy (non-hydrogen) atoms. The van der Waals surface area contributed by atoms with Crippen molar-refractivity contribution in [2.45, 2.75) is 0 Å². The average Bonchev–Trinajstić information content (AvgIpc) is 3.28. The van der Waals surface area contributed by atoms with Crippen molar-refractivity contribution in [2.24, 2.45) is 4.99 Å². The summed E-state index contributed by atoms with van der Waals surface area (Å²) in [5.74, 6) is 0.815. The molecule has 4 rings (SSSR count). The van der Waals surface area contributed by atoms with Crippen LogP contribution in [0.4, 0.5) is 5.69 Å². The molecule has 0 bridgehead atoms. The highest BCUT2D eigenvalue weighted by Gasteiger charge is 2.27. The molecular formula is C20H17N3O6. The molecule has 0 saturated heterocycles. The van der Waals surface area contributed by atoms with Gasteiger partial charge in [0.2, 0.25) is 12.8 Å². The van der Waals surface area contributed by atoms with Crippen LogP contribution in [0.15, 0.2) is 53.2 Å².